The second-order valence-corrected chi connectivity index (χ2v) is 8.96. The van der Waals surface area contributed by atoms with E-state index in [9.17, 15) is 9.00 Å². The number of rotatable bonds is 4. The van der Waals surface area contributed by atoms with E-state index in [0.717, 1.165) is 29.0 Å². The van der Waals surface area contributed by atoms with Crippen LogP contribution in [0, 0.1) is 0 Å². The lowest BCUT2D eigenvalue weighted by atomic mass is 9.95. The zero-order valence-electron chi connectivity index (χ0n) is 15.9. The van der Waals surface area contributed by atoms with Crippen LogP contribution < -0.4 is 16.6 Å². The van der Waals surface area contributed by atoms with Crippen LogP contribution in [0.5, 0.6) is 0 Å². The molecule has 148 valence electrons. The first-order valence-corrected chi connectivity index (χ1v) is 10.7. The molecule has 4 N–H and O–H groups in total. The van der Waals surface area contributed by atoms with Crippen LogP contribution in [-0.4, -0.2) is 32.4 Å². The molecule has 28 heavy (non-hydrogen) atoms. The summed E-state index contributed by atoms with van der Waals surface area (Å²) < 4.78 is 13.9. The van der Waals surface area contributed by atoms with E-state index in [0.29, 0.717) is 23.8 Å². The number of hydrogen-bond acceptors (Lipinski definition) is 4. The number of anilines is 1. The topological polar surface area (TPSA) is 104 Å². The number of pyridine rings is 1. The van der Waals surface area contributed by atoms with Gasteiger partial charge in [-0.15, -0.1) is 0 Å². The Morgan fingerprint density at radius 2 is 2.07 bits per heavy atom. The maximum Gasteiger partial charge on any atom is 0.261 e. The zero-order chi connectivity index (χ0) is 19.7. The summed E-state index contributed by atoms with van der Waals surface area (Å²) in [4.78, 5) is 20.5. The summed E-state index contributed by atoms with van der Waals surface area (Å²) in [5.41, 5.74) is 8.70. The maximum absolute atomic E-state index is 12.5. The Kier molecular flexibility index (Phi) is 5.32. The molecule has 0 saturated heterocycles. The number of nitrogens with one attached hydrogen (secondary N) is 2. The lowest BCUT2D eigenvalue weighted by Gasteiger charge is -2.24. The van der Waals surface area contributed by atoms with Gasteiger partial charge in [-0.2, -0.15) is 0 Å². The lowest BCUT2D eigenvalue weighted by Crippen LogP contribution is -2.29. The zero-order valence-corrected chi connectivity index (χ0v) is 16.7. The molecule has 0 radical (unpaired) electrons. The van der Waals surface area contributed by atoms with E-state index in [1.165, 1.54) is 19.3 Å². The van der Waals surface area contributed by atoms with E-state index in [1.54, 1.807) is 16.6 Å². The van der Waals surface area contributed by atoms with Crippen molar-refractivity contribution in [3.63, 3.8) is 0 Å². The molecule has 1 saturated carbocycles. The Hall–Kier alpha value is -2.45. The summed E-state index contributed by atoms with van der Waals surface area (Å²) >= 11 is 0. The molecule has 1 atom stereocenters. The van der Waals surface area contributed by atoms with Gasteiger partial charge >= 0.3 is 0 Å². The normalized spacial score (nSPS) is 20.9. The third kappa shape index (κ3) is 3.74. The van der Waals surface area contributed by atoms with E-state index in [2.05, 4.69) is 15.3 Å². The highest BCUT2D eigenvalue weighted by molar-refractivity contribution is 7.83. The van der Waals surface area contributed by atoms with Gasteiger partial charge in [0.05, 0.1) is 16.3 Å². The van der Waals surface area contributed by atoms with Crippen LogP contribution in [0.1, 0.15) is 43.2 Å². The molecule has 1 aromatic heterocycles. The van der Waals surface area contributed by atoms with Crippen LogP contribution >= 0.6 is 0 Å². The van der Waals surface area contributed by atoms with Crippen molar-refractivity contribution in [2.75, 3.05) is 12.4 Å². The summed E-state index contributed by atoms with van der Waals surface area (Å²) in [5, 5.41) is 3.48. The summed E-state index contributed by atoms with van der Waals surface area (Å²) in [7, 11) is 0.697. The molecule has 0 spiro atoms. The van der Waals surface area contributed by atoms with Crippen molar-refractivity contribution in [1.82, 2.24) is 9.29 Å². The van der Waals surface area contributed by atoms with Gasteiger partial charge in [0.15, 0.2) is 0 Å². The highest BCUT2D eigenvalue weighted by Crippen LogP contribution is 2.29. The van der Waals surface area contributed by atoms with Crippen LogP contribution in [0.4, 0.5) is 11.4 Å². The number of aliphatic imine (C=N–C) groups is 1. The van der Waals surface area contributed by atoms with Gasteiger partial charge in [0.25, 0.3) is 5.56 Å². The lowest BCUT2D eigenvalue weighted by molar-refractivity contribution is 0.462. The molecule has 1 aliphatic heterocycles. The van der Waals surface area contributed by atoms with Crippen LogP contribution in [0.25, 0.3) is 0 Å². The van der Waals surface area contributed by atoms with Crippen molar-refractivity contribution in [1.29, 1.82) is 0 Å². The van der Waals surface area contributed by atoms with Crippen LogP contribution in [0.3, 0.4) is 0 Å². The standard InChI is InChI=1S/C20H25N5O2S/c1-25-12-13-11-15(7-8-17(13)28(25)27)24-19(21)18-16(9-10-22-20(18)26)23-14-5-3-2-4-6-14/h7-11,14H,2-6,12H2,1H3,(H2,21,24)(H2,22,23,26). The Labute approximate surface area is 166 Å². The predicted molar refractivity (Wildman–Crippen MR) is 112 cm³/mol. The maximum atomic E-state index is 12.5. The van der Waals surface area contributed by atoms with Gasteiger partial charge in [-0.3, -0.25) is 4.79 Å². The first kappa shape index (κ1) is 18.9. The van der Waals surface area contributed by atoms with E-state index in [-0.39, 0.29) is 11.4 Å². The Balaban J connectivity index is 1.64. The number of amidine groups is 1. The number of nitrogens with two attached hydrogens (primary N) is 1. The molecular formula is C20H25N5O2S. The molecule has 2 aromatic rings. The molecular weight excluding hydrogens is 374 g/mol. The van der Waals surface area contributed by atoms with Gasteiger partial charge in [-0.25, -0.2) is 13.5 Å². The molecule has 2 heterocycles. The van der Waals surface area contributed by atoms with E-state index >= 15 is 0 Å². The minimum Gasteiger partial charge on any atom is -0.383 e. The molecule has 2 aliphatic rings. The van der Waals surface area contributed by atoms with Crippen molar-refractivity contribution in [3.05, 3.63) is 51.9 Å². The SMILES string of the molecule is CN1Cc2cc(N=C(N)c3c(NC4CCCCC4)cc[nH]c3=O)ccc2S1=O. The van der Waals surface area contributed by atoms with Crippen molar-refractivity contribution in [2.24, 2.45) is 10.7 Å². The fourth-order valence-electron chi connectivity index (χ4n) is 3.91. The third-order valence-corrected chi connectivity index (χ3v) is 6.81. The average molecular weight is 400 g/mol. The summed E-state index contributed by atoms with van der Waals surface area (Å²) in [6, 6.07) is 7.68. The first-order valence-electron chi connectivity index (χ1n) is 9.61. The van der Waals surface area contributed by atoms with Crippen LogP contribution in [0.2, 0.25) is 0 Å². The van der Waals surface area contributed by atoms with Gasteiger partial charge in [-0.05, 0) is 42.7 Å². The molecule has 0 amide bonds. The van der Waals surface area contributed by atoms with Gasteiger partial charge in [0, 0.05) is 25.8 Å². The Morgan fingerprint density at radius 3 is 2.86 bits per heavy atom. The van der Waals surface area contributed by atoms with Crippen molar-refractivity contribution >= 4 is 28.2 Å². The first-order chi connectivity index (χ1) is 13.5. The molecule has 1 fully saturated rings. The molecule has 0 bridgehead atoms. The predicted octanol–water partition coefficient (Wildman–Crippen LogP) is 2.62. The molecule has 1 aromatic carbocycles. The Morgan fingerprint density at radius 1 is 1.29 bits per heavy atom. The van der Waals surface area contributed by atoms with Crippen molar-refractivity contribution < 1.29 is 4.21 Å². The quantitative estimate of drug-likeness (QED) is 0.543. The summed E-state index contributed by atoms with van der Waals surface area (Å²) in [6.45, 7) is 0.603. The highest BCUT2D eigenvalue weighted by Gasteiger charge is 2.24. The minimum atomic E-state index is -1.12. The number of aromatic nitrogens is 1. The van der Waals surface area contributed by atoms with Crippen LogP contribution in [0.15, 0.2) is 45.1 Å². The van der Waals surface area contributed by atoms with Gasteiger partial charge < -0.3 is 16.0 Å². The number of nitrogens with zero attached hydrogens (tertiary/aromatic N) is 2. The van der Waals surface area contributed by atoms with Gasteiger partial charge in [0.2, 0.25) is 0 Å². The van der Waals surface area contributed by atoms with Crippen molar-refractivity contribution in [3.8, 4) is 0 Å². The number of H-pyrrole nitrogens is 1. The van der Waals surface area contributed by atoms with E-state index < -0.39 is 11.0 Å². The van der Waals surface area contributed by atoms with E-state index in [1.807, 2.05) is 25.2 Å². The monoisotopic (exact) mass is 399 g/mol. The smallest absolute Gasteiger partial charge is 0.261 e. The van der Waals surface area contributed by atoms with Crippen molar-refractivity contribution in [2.45, 2.75) is 49.6 Å². The molecule has 4 rings (SSSR count). The number of benzene rings is 1. The summed E-state index contributed by atoms with van der Waals surface area (Å²) in [5.74, 6) is 0.174. The number of fused-ring (bicyclic) bond motifs is 1. The molecule has 7 nitrogen and oxygen atoms in total. The molecule has 8 heteroatoms. The fourth-order valence-corrected chi connectivity index (χ4v) is 5.03. The molecule has 1 unspecified atom stereocenters. The third-order valence-electron chi connectivity index (χ3n) is 5.34. The number of hydrogen-bond donors (Lipinski definition) is 3. The summed E-state index contributed by atoms with van der Waals surface area (Å²) in [6.07, 6.45) is 7.49. The Bertz CT molecular complexity index is 994. The number of aromatic amines is 1. The van der Waals surface area contributed by atoms with Gasteiger partial charge in [-0.1, -0.05) is 19.3 Å². The molecule has 1 aliphatic carbocycles. The fraction of sp³-hybridized carbons (Fsp3) is 0.400. The minimum absolute atomic E-state index is 0.174. The second-order valence-electron chi connectivity index (χ2n) is 7.40. The van der Waals surface area contributed by atoms with Gasteiger partial charge in [0.1, 0.15) is 22.4 Å². The van der Waals surface area contributed by atoms with E-state index in [4.69, 9.17) is 5.73 Å². The highest BCUT2D eigenvalue weighted by atomic mass is 32.2. The largest absolute Gasteiger partial charge is 0.383 e. The second kappa shape index (κ2) is 7.89. The average Bonchev–Trinajstić information content (AvgIpc) is 2.96. The van der Waals surface area contributed by atoms with Crippen LogP contribution in [-0.2, 0) is 17.5 Å².